The molecule has 1 aliphatic heterocycles. The number of phenolic OH excluding ortho intramolecular Hbond substituents is 1. The van der Waals surface area contributed by atoms with Crippen molar-refractivity contribution in [2.75, 3.05) is 33.5 Å². The quantitative estimate of drug-likeness (QED) is 0.127. The Hall–Kier alpha value is -3.96. The minimum absolute atomic E-state index is 0.00512. The maximum Gasteiger partial charge on any atom is 0.295 e. The SMILES string of the molecule is COc1cc([C@@H]2/C(=C(\O)c3cccc([N+](=O)[O-])c3)C(=O)C(=O)N2CCOCCO)ccc1O. The van der Waals surface area contributed by atoms with Gasteiger partial charge in [-0.05, 0) is 17.7 Å². The maximum atomic E-state index is 12.9. The van der Waals surface area contributed by atoms with Crippen molar-refractivity contribution in [3.05, 3.63) is 69.3 Å². The first-order chi connectivity index (χ1) is 15.8. The van der Waals surface area contributed by atoms with E-state index in [-0.39, 0.29) is 54.7 Å². The lowest BCUT2D eigenvalue weighted by Gasteiger charge is -2.25. The monoisotopic (exact) mass is 458 g/mol. The van der Waals surface area contributed by atoms with Crippen LogP contribution in [-0.4, -0.2) is 70.3 Å². The topological polar surface area (TPSA) is 160 Å². The highest BCUT2D eigenvalue weighted by Crippen LogP contribution is 2.41. The smallest absolute Gasteiger partial charge is 0.295 e. The zero-order valence-electron chi connectivity index (χ0n) is 17.6. The normalized spacial score (nSPS) is 17.4. The van der Waals surface area contributed by atoms with E-state index in [1.54, 1.807) is 0 Å². The molecule has 11 nitrogen and oxygen atoms in total. The van der Waals surface area contributed by atoms with Gasteiger partial charge in [0, 0.05) is 24.2 Å². The Labute approximate surface area is 188 Å². The van der Waals surface area contributed by atoms with Crippen LogP contribution in [0.3, 0.4) is 0 Å². The van der Waals surface area contributed by atoms with E-state index in [1.807, 2.05) is 0 Å². The molecule has 0 bridgehead atoms. The number of amides is 1. The molecule has 0 aliphatic carbocycles. The molecule has 11 heteroatoms. The van der Waals surface area contributed by atoms with Gasteiger partial charge in [0.15, 0.2) is 11.5 Å². The summed E-state index contributed by atoms with van der Waals surface area (Å²) < 4.78 is 10.4. The second kappa shape index (κ2) is 10.1. The predicted molar refractivity (Wildman–Crippen MR) is 115 cm³/mol. The summed E-state index contributed by atoms with van der Waals surface area (Å²) in [6, 6.07) is 8.21. The number of phenols is 1. The minimum Gasteiger partial charge on any atom is -0.507 e. The Bertz CT molecular complexity index is 1110. The number of Topliss-reactive ketones (excluding diaryl/α,β-unsaturated/α-hetero) is 1. The van der Waals surface area contributed by atoms with Gasteiger partial charge in [-0.1, -0.05) is 18.2 Å². The molecule has 1 fully saturated rings. The first-order valence-corrected chi connectivity index (χ1v) is 9.88. The van der Waals surface area contributed by atoms with Crippen molar-refractivity contribution < 1.29 is 39.3 Å². The number of aromatic hydroxyl groups is 1. The predicted octanol–water partition coefficient (Wildman–Crippen LogP) is 1.74. The van der Waals surface area contributed by atoms with Crippen LogP contribution in [0.25, 0.3) is 5.76 Å². The molecule has 174 valence electrons. The van der Waals surface area contributed by atoms with Crippen molar-refractivity contribution in [2.24, 2.45) is 0 Å². The van der Waals surface area contributed by atoms with E-state index in [4.69, 9.17) is 14.6 Å². The molecule has 3 rings (SSSR count). The average Bonchev–Trinajstić information content (AvgIpc) is 3.06. The van der Waals surface area contributed by atoms with Gasteiger partial charge in [0.25, 0.3) is 17.4 Å². The lowest BCUT2D eigenvalue weighted by molar-refractivity contribution is -0.384. The van der Waals surface area contributed by atoms with Crippen LogP contribution in [0, 0.1) is 10.1 Å². The van der Waals surface area contributed by atoms with E-state index in [2.05, 4.69) is 0 Å². The van der Waals surface area contributed by atoms with E-state index >= 15 is 0 Å². The number of rotatable bonds is 9. The van der Waals surface area contributed by atoms with Crippen LogP contribution < -0.4 is 4.74 Å². The number of carbonyl (C=O) groups is 2. The van der Waals surface area contributed by atoms with E-state index in [0.717, 1.165) is 6.07 Å². The molecule has 0 unspecified atom stereocenters. The van der Waals surface area contributed by atoms with E-state index in [1.165, 1.54) is 48.4 Å². The summed E-state index contributed by atoms with van der Waals surface area (Å²) in [5.74, 6) is -2.52. The number of ether oxygens (including phenoxy) is 2. The molecule has 1 atom stereocenters. The van der Waals surface area contributed by atoms with Crippen molar-refractivity contribution in [2.45, 2.75) is 6.04 Å². The Morgan fingerprint density at radius 2 is 1.94 bits per heavy atom. The molecule has 2 aromatic rings. The molecule has 1 aliphatic rings. The van der Waals surface area contributed by atoms with Gasteiger partial charge in [0.1, 0.15) is 5.76 Å². The van der Waals surface area contributed by atoms with Gasteiger partial charge in [-0.15, -0.1) is 0 Å². The zero-order valence-corrected chi connectivity index (χ0v) is 17.6. The number of nitro benzene ring substituents is 1. The number of ketones is 1. The number of hydrogen-bond donors (Lipinski definition) is 3. The largest absolute Gasteiger partial charge is 0.507 e. The van der Waals surface area contributed by atoms with Gasteiger partial charge in [-0.25, -0.2) is 0 Å². The number of likely N-dealkylation sites (tertiary alicyclic amines) is 1. The molecule has 1 saturated heterocycles. The van der Waals surface area contributed by atoms with Gasteiger partial charge >= 0.3 is 0 Å². The first kappa shape index (κ1) is 23.7. The fourth-order valence-electron chi connectivity index (χ4n) is 3.57. The van der Waals surface area contributed by atoms with Crippen LogP contribution in [0.2, 0.25) is 0 Å². The van der Waals surface area contributed by atoms with Crippen LogP contribution in [0.5, 0.6) is 11.5 Å². The third-order valence-corrected chi connectivity index (χ3v) is 5.10. The molecule has 0 saturated carbocycles. The number of nitrogens with zero attached hydrogens (tertiary/aromatic N) is 2. The summed E-state index contributed by atoms with van der Waals surface area (Å²) in [4.78, 5) is 37.5. The highest BCUT2D eigenvalue weighted by Gasteiger charge is 2.46. The van der Waals surface area contributed by atoms with Gasteiger partial charge in [0.05, 0.1) is 43.5 Å². The fraction of sp³-hybridized carbons (Fsp3) is 0.273. The number of aliphatic hydroxyl groups excluding tert-OH is 2. The fourth-order valence-corrected chi connectivity index (χ4v) is 3.57. The third kappa shape index (κ3) is 4.78. The number of methoxy groups -OCH3 is 1. The summed E-state index contributed by atoms with van der Waals surface area (Å²) >= 11 is 0. The van der Waals surface area contributed by atoms with Crippen molar-refractivity contribution in [3.63, 3.8) is 0 Å². The number of nitro groups is 1. The van der Waals surface area contributed by atoms with Crippen molar-refractivity contribution in [1.29, 1.82) is 0 Å². The molecule has 33 heavy (non-hydrogen) atoms. The van der Waals surface area contributed by atoms with Crippen molar-refractivity contribution >= 4 is 23.1 Å². The maximum absolute atomic E-state index is 12.9. The molecule has 2 aromatic carbocycles. The number of hydrogen-bond acceptors (Lipinski definition) is 9. The Morgan fingerprint density at radius 1 is 1.18 bits per heavy atom. The second-order valence-electron chi connectivity index (χ2n) is 7.07. The standard InChI is InChI=1S/C22H22N2O9/c1-32-17-12-13(5-6-16(17)26)19-18(20(27)14-3-2-4-15(11-14)24(30)31)21(28)22(29)23(19)7-9-33-10-8-25/h2-6,11-12,19,25-27H,7-10H2,1H3/b20-18+/t19-/m1/s1. The van der Waals surface area contributed by atoms with Gasteiger partial charge in [-0.3, -0.25) is 19.7 Å². The average molecular weight is 458 g/mol. The Balaban J connectivity index is 2.14. The molecular weight excluding hydrogens is 436 g/mol. The minimum atomic E-state index is -1.07. The van der Waals surface area contributed by atoms with Gasteiger partial charge in [0.2, 0.25) is 0 Å². The molecule has 0 radical (unpaired) electrons. The van der Waals surface area contributed by atoms with Gasteiger partial charge in [-0.2, -0.15) is 0 Å². The van der Waals surface area contributed by atoms with E-state index in [9.17, 15) is 29.9 Å². The number of benzene rings is 2. The van der Waals surface area contributed by atoms with Gasteiger partial charge < -0.3 is 29.7 Å². The molecule has 1 amide bonds. The van der Waals surface area contributed by atoms with Crippen LogP contribution in [0.4, 0.5) is 5.69 Å². The Morgan fingerprint density at radius 3 is 2.61 bits per heavy atom. The van der Waals surface area contributed by atoms with Crippen LogP contribution in [-0.2, 0) is 14.3 Å². The lowest BCUT2D eigenvalue weighted by Crippen LogP contribution is -2.33. The lowest BCUT2D eigenvalue weighted by atomic mass is 9.95. The highest BCUT2D eigenvalue weighted by atomic mass is 16.6. The zero-order chi connectivity index (χ0) is 24.1. The van der Waals surface area contributed by atoms with Crippen molar-refractivity contribution in [3.8, 4) is 11.5 Å². The summed E-state index contributed by atoms with van der Waals surface area (Å²) in [5.41, 5.74) is -0.212. The first-order valence-electron chi connectivity index (χ1n) is 9.88. The summed E-state index contributed by atoms with van der Waals surface area (Å²) in [6.45, 7) is -0.209. The second-order valence-corrected chi connectivity index (χ2v) is 7.07. The summed E-state index contributed by atoms with van der Waals surface area (Å²) in [6.07, 6.45) is 0. The van der Waals surface area contributed by atoms with E-state index in [0.29, 0.717) is 5.56 Å². The van der Waals surface area contributed by atoms with E-state index < -0.39 is 28.4 Å². The highest BCUT2D eigenvalue weighted by molar-refractivity contribution is 6.46. The molecule has 0 aromatic heterocycles. The third-order valence-electron chi connectivity index (χ3n) is 5.10. The molecule has 1 heterocycles. The summed E-state index contributed by atoms with van der Waals surface area (Å²) in [7, 11) is 1.33. The molecular formula is C22H22N2O9. The van der Waals surface area contributed by atoms with Crippen molar-refractivity contribution in [1.82, 2.24) is 4.90 Å². The molecule has 0 spiro atoms. The molecule has 3 N–H and O–H groups in total. The number of carbonyl (C=O) groups excluding carboxylic acids is 2. The van der Waals surface area contributed by atoms with Crippen LogP contribution in [0.1, 0.15) is 17.2 Å². The summed E-state index contributed by atoms with van der Waals surface area (Å²) in [5, 5.41) is 40.9. The Kier molecular flexibility index (Phi) is 7.26. The number of aliphatic hydroxyl groups is 2. The van der Waals surface area contributed by atoms with Crippen LogP contribution >= 0.6 is 0 Å². The number of non-ortho nitro benzene ring substituents is 1. The van der Waals surface area contributed by atoms with Crippen LogP contribution in [0.15, 0.2) is 48.0 Å².